The first-order valence-corrected chi connectivity index (χ1v) is 8.64. The molecule has 118 valence electrons. The molecule has 1 aliphatic rings. The molecule has 0 spiro atoms. The molecule has 1 heterocycles. The normalized spacial score (nSPS) is 15.8. The lowest BCUT2D eigenvalue weighted by atomic mass is 10.1. The number of hydrogen-bond acceptors (Lipinski definition) is 3. The molecule has 2 rings (SSSR count). The van der Waals surface area contributed by atoms with Crippen molar-refractivity contribution in [1.82, 2.24) is 10.3 Å². The molecule has 0 radical (unpaired) electrons. The molecule has 0 aromatic carbocycles. The summed E-state index contributed by atoms with van der Waals surface area (Å²) in [5, 5.41) is 3.45. The van der Waals surface area contributed by atoms with E-state index in [0.717, 1.165) is 25.3 Å². The van der Waals surface area contributed by atoms with Crippen LogP contribution in [0, 0.1) is 5.92 Å². The molecule has 0 atom stereocenters. The van der Waals surface area contributed by atoms with Gasteiger partial charge in [0.2, 0.25) is 0 Å². The van der Waals surface area contributed by atoms with Crippen molar-refractivity contribution in [2.45, 2.75) is 65.5 Å². The number of anilines is 1. The van der Waals surface area contributed by atoms with Crippen LogP contribution in [0.1, 0.15) is 58.6 Å². The van der Waals surface area contributed by atoms with E-state index in [9.17, 15) is 0 Å². The fourth-order valence-corrected chi connectivity index (χ4v) is 3.16. The van der Waals surface area contributed by atoms with Crippen LogP contribution in [0.3, 0.4) is 0 Å². The quantitative estimate of drug-likeness (QED) is 0.734. The molecule has 0 unspecified atom stereocenters. The third-order valence-electron chi connectivity index (χ3n) is 4.15. The van der Waals surface area contributed by atoms with Gasteiger partial charge in [-0.2, -0.15) is 0 Å². The summed E-state index contributed by atoms with van der Waals surface area (Å²) >= 11 is 0. The van der Waals surface area contributed by atoms with Gasteiger partial charge in [0, 0.05) is 19.1 Å². The highest BCUT2D eigenvalue weighted by Crippen LogP contribution is 2.28. The van der Waals surface area contributed by atoms with Crippen LogP contribution < -0.4 is 10.2 Å². The number of nitrogens with zero attached hydrogens (tertiary/aromatic N) is 2. The van der Waals surface area contributed by atoms with Crippen LogP contribution in [0.2, 0.25) is 0 Å². The van der Waals surface area contributed by atoms with Crippen molar-refractivity contribution < 1.29 is 0 Å². The second-order valence-electron chi connectivity index (χ2n) is 6.65. The van der Waals surface area contributed by atoms with Crippen LogP contribution >= 0.6 is 0 Å². The summed E-state index contributed by atoms with van der Waals surface area (Å²) in [5.74, 6) is 1.85. The van der Waals surface area contributed by atoms with Crippen LogP contribution in [-0.4, -0.2) is 24.1 Å². The van der Waals surface area contributed by atoms with Gasteiger partial charge in [-0.3, -0.25) is 0 Å². The number of rotatable bonds is 8. The Morgan fingerprint density at radius 2 is 2.05 bits per heavy atom. The van der Waals surface area contributed by atoms with Gasteiger partial charge in [0.15, 0.2) is 0 Å². The largest absolute Gasteiger partial charge is 0.353 e. The Morgan fingerprint density at radius 3 is 2.71 bits per heavy atom. The van der Waals surface area contributed by atoms with Crippen molar-refractivity contribution in [3.63, 3.8) is 0 Å². The van der Waals surface area contributed by atoms with Gasteiger partial charge in [-0.15, -0.1) is 0 Å². The number of aromatic nitrogens is 1. The molecule has 1 aliphatic carbocycles. The Hall–Kier alpha value is -1.09. The molecule has 0 amide bonds. The molecular formula is C18H31N3. The average molecular weight is 289 g/mol. The molecule has 1 fully saturated rings. The predicted octanol–water partition coefficient (Wildman–Crippen LogP) is 3.99. The monoisotopic (exact) mass is 289 g/mol. The Kier molecular flexibility index (Phi) is 6.50. The van der Waals surface area contributed by atoms with E-state index >= 15 is 0 Å². The molecule has 1 saturated carbocycles. The van der Waals surface area contributed by atoms with Gasteiger partial charge in [-0.25, -0.2) is 4.98 Å². The van der Waals surface area contributed by atoms with E-state index in [4.69, 9.17) is 4.98 Å². The number of nitrogens with one attached hydrogen (secondary N) is 1. The average Bonchev–Trinajstić information content (AvgIpc) is 2.99. The van der Waals surface area contributed by atoms with E-state index in [1.165, 1.54) is 37.9 Å². The van der Waals surface area contributed by atoms with Crippen molar-refractivity contribution in [3.05, 3.63) is 23.9 Å². The topological polar surface area (TPSA) is 28.2 Å². The van der Waals surface area contributed by atoms with Gasteiger partial charge in [-0.05, 0) is 43.9 Å². The van der Waals surface area contributed by atoms with E-state index in [1.807, 2.05) is 0 Å². The van der Waals surface area contributed by atoms with Crippen LogP contribution in [0.4, 0.5) is 5.82 Å². The lowest BCUT2D eigenvalue weighted by Crippen LogP contribution is -2.37. The molecule has 1 aromatic heterocycles. The van der Waals surface area contributed by atoms with Crippen molar-refractivity contribution >= 4 is 5.82 Å². The molecule has 21 heavy (non-hydrogen) atoms. The van der Waals surface area contributed by atoms with Crippen LogP contribution in [0.25, 0.3) is 0 Å². The SMILES string of the molecule is CCCNCc1cccc(N(CC(C)C)C2CCCC2)n1. The van der Waals surface area contributed by atoms with Crippen molar-refractivity contribution in [2.75, 3.05) is 18.0 Å². The van der Waals surface area contributed by atoms with Gasteiger partial charge >= 0.3 is 0 Å². The third kappa shape index (κ3) is 4.99. The Labute approximate surface area is 130 Å². The smallest absolute Gasteiger partial charge is 0.129 e. The van der Waals surface area contributed by atoms with Gasteiger partial charge in [0.25, 0.3) is 0 Å². The Bertz CT molecular complexity index is 411. The minimum absolute atomic E-state index is 0.675. The summed E-state index contributed by atoms with van der Waals surface area (Å²) in [7, 11) is 0. The summed E-state index contributed by atoms with van der Waals surface area (Å²) in [6.45, 7) is 9.85. The minimum atomic E-state index is 0.675. The maximum absolute atomic E-state index is 4.91. The molecule has 1 aromatic rings. The van der Waals surface area contributed by atoms with Gasteiger partial charge < -0.3 is 10.2 Å². The van der Waals surface area contributed by atoms with E-state index in [0.29, 0.717) is 12.0 Å². The lowest BCUT2D eigenvalue weighted by Gasteiger charge is -2.32. The van der Waals surface area contributed by atoms with Crippen molar-refractivity contribution in [1.29, 1.82) is 0 Å². The van der Waals surface area contributed by atoms with Crippen molar-refractivity contribution in [2.24, 2.45) is 5.92 Å². The first-order valence-electron chi connectivity index (χ1n) is 8.64. The third-order valence-corrected chi connectivity index (χ3v) is 4.15. The van der Waals surface area contributed by atoms with E-state index in [-0.39, 0.29) is 0 Å². The molecule has 0 aliphatic heterocycles. The zero-order valence-electron chi connectivity index (χ0n) is 13.9. The van der Waals surface area contributed by atoms with Crippen LogP contribution in [0.15, 0.2) is 18.2 Å². The standard InChI is InChI=1S/C18H31N3/c1-4-12-19-13-16-8-7-11-18(20-16)21(14-15(2)3)17-9-5-6-10-17/h7-8,11,15,17,19H,4-6,9-10,12-14H2,1-3H3. The first kappa shape index (κ1) is 16.3. The van der Waals surface area contributed by atoms with Crippen molar-refractivity contribution in [3.8, 4) is 0 Å². The molecule has 3 heteroatoms. The summed E-state index contributed by atoms with van der Waals surface area (Å²) in [4.78, 5) is 7.46. The number of hydrogen-bond donors (Lipinski definition) is 1. The maximum Gasteiger partial charge on any atom is 0.129 e. The predicted molar refractivity (Wildman–Crippen MR) is 90.7 cm³/mol. The summed E-state index contributed by atoms with van der Waals surface area (Å²) in [5.41, 5.74) is 1.16. The molecule has 3 nitrogen and oxygen atoms in total. The second kappa shape index (κ2) is 8.38. The zero-order chi connectivity index (χ0) is 15.1. The van der Waals surface area contributed by atoms with Gasteiger partial charge in [0.1, 0.15) is 5.82 Å². The molecule has 1 N–H and O–H groups in total. The highest BCUT2D eigenvalue weighted by molar-refractivity contribution is 5.41. The Balaban J connectivity index is 2.08. The van der Waals surface area contributed by atoms with E-state index in [2.05, 4.69) is 49.2 Å². The molecular weight excluding hydrogens is 258 g/mol. The summed E-state index contributed by atoms with van der Waals surface area (Å²) in [6.07, 6.45) is 6.56. The van der Waals surface area contributed by atoms with Gasteiger partial charge in [-0.1, -0.05) is 39.7 Å². The first-order chi connectivity index (χ1) is 10.2. The zero-order valence-corrected chi connectivity index (χ0v) is 13.9. The van der Waals surface area contributed by atoms with E-state index in [1.54, 1.807) is 0 Å². The highest BCUT2D eigenvalue weighted by Gasteiger charge is 2.24. The summed E-state index contributed by atoms with van der Waals surface area (Å²) < 4.78 is 0. The lowest BCUT2D eigenvalue weighted by molar-refractivity contribution is 0.530. The fraction of sp³-hybridized carbons (Fsp3) is 0.722. The van der Waals surface area contributed by atoms with Crippen LogP contribution in [-0.2, 0) is 6.54 Å². The van der Waals surface area contributed by atoms with Gasteiger partial charge in [0.05, 0.1) is 5.69 Å². The minimum Gasteiger partial charge on any atom is -0.353 e. The highest BCUT2D eigenvalue weighted by atomic mass is 15.2. The second-order valence-corrected chi connectivity index (χ2v) is 6.65. The maximum atomic E-state index is 4.91. The van der Waals surface area contributed by atoms with E-state index < -0.39 is 0 Å². The number of pyridine rings is 1. The molecule has 0 saturated heterocycles. The molecule has 0 bridgehead atoms. The Morgan fingerprint density at radius 1 is 1.29 bits per heavy atom. The summed E-state index contributed by atoms with van der Waals surface area (Å²) in [6, 6.07) is 7.17. The van der Waals surface area contributed by atoms with Crippen LogP contribution in [0.5, 0.6) is 0 Å². The fourth-order valence-electron chi connectivity index (χ4n) is 3.16.